The van der Waals surface area contributed by atoms with Crippen LogP contribution in [0.15, 0.2) is 61.2 Å². The Morgan fingerprint density at radius 3 is 2.93 bits per heavy atom. The summed E-state index contributed by atoms with van der Waals surface area (Å²) in [6.45, 7) is 2.47. The molecule has 0 fully saturated rings. The van der Waals surface area contributed by atoms with E-state index < -0.39 is 0 Å². The molecule has 4 aromatic heterocycles. The molecule has 0 unspecified atom stereocenters. The van der Waals surface area contributed by atoms with Crippen LogP contribution in [0.1, 0.15) is 11.1 Å². The first-order valence-corrected chi connectivity index (χ1v) is 8.74. The lowest BCUT2D eigenvalue weighted by Gasteiger charge is -2.06. The fourth-order valence-electron chi connectivity index (χ4n) is 3.00. The molecule has 1 aromatic carbocycles. The maximum Gasteiger partial charge on any atom is 0.240 e. The zero-order chi connectivity index (χ0) is 18.9. The van der Waals surface area contributed by atoms with Gasteiger partial charge in [0.2, 0.25) is 17.2 Å². The van der Waals surface area contributed by atoms with Crippen LogP contribution < -0.4 is 4.74 Å². The van der Waals surface area contributed by atoms with E-state index in [4.69, 9.17) is 4.74 Å². The molecule has 8 nitrogen and oxygen atoms in total. The van der Waals surface area contributed by atoms with Gasteiger partial charge in [0.05, 0.1) is 24.5 Å². The Balaban J connectivity index is 1.47. The lowest BCUT2D eigenvalue weighted by Crippen LogP contribution is -2.03. The lowest BCUT2D eigenvalue weighted by atomic mass is 10.1. The van der Waals surface area contributed by atoms with Gasteiger partial charge in [-0.1, -0.05) is 17.3 Å². The van der Waals surface area contributed by atoms with Gasteiger partial charge in [-0.05, 0) is 42.3 Å². The van der Waals surface area contributed by atoms with E-state index in [9.17, 15) is 0 Å². The number of fused-ring (bicyclic) bond motifs is 2. The molecule has 28 heavy (non-hydrogen) atoms. The van der Waals surface area contributed by atoms with Crippen LogP contribution in [0.3, 0.4) is 0 Å². The van der Waals surface area contributed by atoms with Crippen molar-refractivity contribution in [3.63, 3.8) is 0 Å². The van der Waals surface area contributed by atoms with Crippen LogP contribution in [0.2, 0.25) is 0 Å². The molecule has 0 aliphatic heterocycles. The van der Waals surface area contributed by atoms with Crippen LogP contribution in [0.5, 0.6) is 11.6 Å². The van der Waals surface area contributed by atoms with Gasteiger partial charge in [-0.3, -0.25) is 9.97 Å². The standard InChI is InChI=1S/C20H15N7O/c1-13-7-16(10-21-9-13)28-18-11-23-19-20(24-18)27(26-25-19)12-14-4-5-17-15(8-14)3-2-6-22-17/h2-11H,12H2,1H3. The number of hydrogen-bond acceptors (Lipinski definition) is 7. The Morgan fingerprint density at radius 1 is 1.04 bits per heavy atom. The van der Waals surface area contributed by atoms with Crippen molar-refractivity contribution < 1.29 is 4.74 Å². The second-order valence-electron chi connectivity index (χ2n) is 6.43. The Morgan fingerprint density at radius 2 is 2.00 bits per heavy atom. The normalized spacial score (nSPS) is 11.2. The zero-order valence-corrected chi connectivity index (χ0v) is 15.0. The van der Waals surface area contributed by atoms with Crippen LogP contribution >= 0.6 is 0 Å². The summed E-state index contributed by atoms with van der Waals surface area (Å²) < 4.78 is 7.50. The fourth-order valence-corrected chi connectivity index (χ4v) is 3.00. The molecule has 0 spiro atoms. The number of rotatable bonds is 4. The van der Waals surface area contributed by atoms with Gasteiger partial charge < -0.3 is 4.74 Å². The van der Waals surface area contributed by atoms with E-state index in [1.807, 2.05) is 37.3 Å². The third-order valence-corrected chi connectivity index (χ3v) is 4.28. The van der Waals surface area contributed by atoms with Crippen molar-refractivity contribution in [3.05, 3.63) is 72.3 Å². The molecule has 0 amide bonds. The number of pyridine rings is 2. The maximum atomic E-state index is 5.79. The van der Waals surface area contributed by atoms with Gasteiger partial charge in [0.1, 0.15) is 5.75 Å². The van der Waals surface area contributed by atoms with Gasteiger partial charge in [0.25, 0.3) is 0 Å². The Hall–Kier alpha value is -3.94. The van der Waals surface area contributed by atoms with E-state index in [1.54, 1.807) is 23.3 Å². The number of benzene rings is 1. The van der Waals surface area contributed by atoms with Gasteiger partial charge in [0.15, 0.2) is 0 Å². The van der Waals surface area contributed by atoms with E-state index in [1.165, 1.54) is 6.20 Å². The minimum Gasteiger partial charge on any atom is -0.436 e. The summed E-state index contributed by atoms with van der Waals surface area (Å²) >= 11 is 0. The number of ether oxygens (including phenoxy) is 1. The molecule has 0 radical (unpaired) electrons. The minimum atomic E-state index is 0.367. The second-order valence-corrected chi connectivity index (χ2v) is 6.43. The van der Waals surface area contributed by atoms with Crippen molar-refractivity contribution >= 4 is 22.2 Å². The maximum absolute atomic E-state index is 5.79. The highest BCUT2D eigenvalue weighted by Crippen LogP contribution is 2.21. The van der Waals surface area contributed by atoms with Crippen LogP contribution in [0.4, 0.5) is 0 Å². The van der Waals surface area contributed by atoms with E-state index in [0.29, 0.717) is 29.5 Å². The first-order chi connectivity index (χ1) is 13.7. The molecule has 0 aliphatic rings. The summed E-state index contributed by atoms with van der Waals surface area (Å²) in [4.78, 5) is 17.3. The predicted octanol–water partition coefficient (Wildman–Crippen LogP) is 3.31. The molecule has 0 saturated heterocycles. The predicted molar refractivity (Wildman–Crippen MR) is 103 cm³/mol. The van der Waals surface area contributed by atoms with Crippen molar-refractivity contribution in [1.82, 2.24) is 34.9 Å². The largest absolute Gasteiger partial charge is 0.436 e. The molecular formula is C20H15N7O. The average Bonchev–Trinajstić information content (AvgIpc) is 3.10. The van der Waals surface area contributed by atoms with Gasteiger partial charge >= 0.3 is 0 Å². The summed E-state index contributed by atoms with van der Waals surface area (Å²) in [5, 5.41) is 9.37. The first kappa shape index (κ1) is 16.2. The van der Waals surface area contributed by atoms with Gasteiger partial charge in [0, 0.05) is 17.8 Å². The van der Waals surface area contributed by atoms with Crippen LogP contribution in [0.25, 0.3) is 22.2 Å². The van der Waals surface area contributed by atoms with Gasteiger partial charge in [-0.2, -0.15) is 4.98 Å². The average molecular weight is 369 g/mol. The van der Waals surface area contributed by atoms with Crippen LogP contribution in [-0.2, 0) is 6.54 Å². The third-order valence-electron chi connectivity index (χ3n) is 4.28. The fraction of sp³-hybridized carbons (Fsp3) is 0.100. The summed E-state index contributed by atoms with van der Waals surface area (Å²) in [6.07, 6.45) is 6.72. The van der Waals surface area contributed by atoms with E-state index in [0.717, 1.165) is 22.0 Å². The molecule has 0 aliphatic carbocycles. The Kier molecular flexibility index (Phi) is 3.86. The summed E-state index contributed by atoms with van der Waals surface area (Å²) in [6, 6.07) is 11.9. The summed E-state index contributed by atoms with van der Waals surface area (Å²) in [7, 11) is 0. The number of hydrogen-bond donors (Lipinski definition) is 0. The number of nitrogens with zero attached hydrogens (tertiary/aromatic N) is 7. The summed E-state index contributed by atoms with van der Waals surface area (Å²) in [5.41, 5.74) is 4.06. The third kappa shape index (κ3) is 3.11. The molecule has 136 valence electrons. The molecule has 0 saturated carbocycles. The highest BCUT2D eigenvalue weighted by molar-refractivity contribution is 5.79. The smallest absolute Gasteiger partial charge is 0.240 e. The summed E-state index contributed by atoms with van der Waals surface area (Å²) in [5.74, 6) is 0.973. The van der Waals surface area contributed by atoms with Crippen molar-refractivity contribution in [3.8, 4) is 11.6 Å². The molecule has 5 aromatic rings. The zero-order valence-electron chi connectivity index (χ0n) is 15.0. The van der Waals surface area contributed by atoms with Crippen molar-refractivity contribution in [2.24, 2.45) is 0 Å². The van der Waals surface area contributed by atoms with Crippen LogP contribution in [0, 0.1) is 6.92 Å². The highest BCUT2D eigenvalue weighted by Gasteiger charge is 2.11. The lowest BCUT2D eigenvalue weighted by molar-refractivity contribution is 0.459. The minimum absolute atomic E-state index is 0.367. The molecule has 0 N–H and O–H groups in total. The van der Waals surface area contributed by atoms with E-state index in [-0.39, 0.29) is 0 Å². The molecular weight excluding hydrogens is 354 g/mol. The topological polar surface area (TPSA) is 91.5 Å². The monoisotopic (exact) mass is 369 g/mol. The van der Waals surface area contributed by atoms with Crippen molar-refractivity contribution in [2.75, 3.05) is 0 Å². The molecule has 5 rings (SSSR count). The SMILES string of the molecule is Cc1cncc(Oc2cnc3nnn(Cc4ccc5ncccc5c4)c3n2)c1. The van der Waals surface area contributed by atoms with Crippen molar-refractivity contribution in [1.29, 1.82) is 0 Å². The number of aryl methyl sites for hydroxylation is 1. The van der Waals surface area contributed by atoms with E-state index >= 15 is 0 Å². The molecule has 4 heterocycles. The Labute approximate surface area is 159 Å². The van der Waals surface area contributed by atoms with Crippen molar-refractivity contribution in [2.45, 2.75) is 13.5 Å². The second kappa shape index (κ2) is 6.66. The van der Waals surface area contributed by atoms with E-state index in [2.05, 4.69) is 36.3 Å². The molecule has 8 heteroatoms. The molecule has 0 bridgehead atoms. The van der Waals surface area contributed by atoms with Gasteiger partial charge in [-0.15, -0.1) is 5.10 Å². The Bertz CT molecular complexity index is 1300. The highest BCUT2D eigenvalue weighted by atomic mass is 16.5. The first-order valence-electron chi connectivity index (χ1n) is 8.74. The van der Waals surface area contributed by atoms with Gasteiger partial charge in [-0.25, -0.2) is 9.67 Å². The van der Waals surface area contributed by atoms with Crippen LogP contribution in [-0.4, -0.2) is 34.9 Å². The molecule has 0 atom stereocenters. The quantitative estimate of drug-likeness (QED) is 0.480. The number of aromatic nitrogens is 7.